The number of methoxy groups -OCH3 is 2. The van der Waals surface area contributed by atoms with Gasteiger partial charge in [0.2, 0.25) is 0 Å². The average Bonchev–Trinajstić information content (AvgIpc) is 3.67. The SMILES string of the molecule is C=C(Cl)c1c(C)c2cc3[nH]c(cc4nc(cc5nc(cc1[nH]2)C(C)=C5CCC(=O)OC)C(CCC(=O)OC)=C4C)c(C)c3C(=C)Cl. The number of halogens is 2. The lowest BCUT2D eigenvalue weighted by Crippen LogP contribution is -2.01. The topological polar surface area (TPSA) is 110 Å². The molecule has 8 bridgehead atoms. The van der Waals surface area contributed by atoms with Crippen LogP contribution in [-0.4, -0.2) is 46.1 Å². The minimum atomic E-state index is -0.311. The van der Waals surface area contributed by atoms with Crippen LogP contribution in [0.5, 0.6) is 0 Å². The molecule has 238 valence electrons. The number of fused-ring (bicyclic) bond motifs is 8. The summed E-state index contributed by atoms with van der Waals surface area (Å²) in [6.07, 6.45) is 1.24. The number of ether oxygens (including phenoxy) is 2. The maximum atomic E-state index is 12.2. The van der Waals surface area contributed by atoms with Gasteiger partial charge in [-0.25, -0.2) is 9.97 Å². The molecule has 46 heavy (non-hydrogen) atoms. The molecule has 0 saturated heterocycles. The number of nitrogens with zero attached hydrogens (tertiary/aromatic N) is 2. The van der Waals surface area contributed by atoms with Gasteiger partial charge in [0, 0.05) is 56.1 Å². The molecule has 0 spiro atoms. The smallest absolute Gasteiger partial charge is 0.305 e. The molecule has 3 aromatic heterocycles. The number of aromatic nitrogens is 4. The molecule has 0 unspecified atom stereocenters. The van der Waals surface area contributed by atoms with Crippen molar-refractivity contribution in [2.45, 2.75) is 53.4 Å². The number of rotatable bonds is 8. The molecule has 2 aliphatic heterocycles. The zero-order valence-electron chi connectivity index (χ0n) is 26.8. The second kappa shape index (κ2) is 13.1. The van der Waals surface area contributed by atoms with E-state index >= 15 is 0 Å². The van der Waals surface area contributed by atoms with Gasteiger partial charge in [0.1, 0.15) is 0 Å². The number of aromatic amines is 2. The molecule has 2 N–H and O–H groups in total. The molecule has 5 rings (SSSR count). The fraction of sp³-hybridized carbons (Fsp3) is 0.278. The Morgan fingerprint density at radius 1 is 0.652 bits per heavy atom. The van der Waals surface area contributed by atoms with Crippen molar-refractivity contribution in [1.29, 1.82) is 0 Å². The van der Waals surface area contributed by atoms with Crippen molar-refractivity contribution >= 4 is 89.6 Å². The van der Waals surface area contributed by atoms with E-state index in [1.165, 1.54) is 14.2 Å². The Balaban J connectivity index is 1.93. The highest BCUT2D eigenvalue weighted by Crippen LogP contribution is 2.39. The van der Waals surface area contributed by atoms with Gasteiger partial charge in [-0.05, 0) is 98.2 Å². The molecule has 0 fully saturated rings. The van der Waals surface area contributed by atoms with Crippen LogP contribution >= 0.6 is 23.2 Å². The van der Waals surface area contributed by atoms with E-state index in [0.717, 1.165) is 72.3 Å². The molecule has 8 nitrogen and oxygen atoms in total. The zero-order chi connectivity index (χ0) is 33.4. The third kappa shape index (κ3) is 6.19. The van der Waals surface area contributed by atoms with Crippen molar-refractivity contribution in [3.63, 3.8) is 0 Å². The van der Waals surface area contributed by atoms with Gasteiger partial charge in [-0.15, -0.1) is 0 Å². The van der Waals surface area contributed by atoms with Crippen LogP contribution in [0.3, 0.4) is 0 Å². The molecule has 0 radical (unpaired) electrons. The van der Waals surface area contributed by atoms with Crippen LogP contribution < -0.4 is 0 Å². The molecule has 2 aliphatic rings. The molecular weight excluding hydrogens is 623 g/mol. The number of esters is 2. The predicted molar refractivity (Wildman–Crippen MR) is 188 cm³/mol. The Bertz CT molecular complexity index is 2060. The maximum Gasteiger partial charge on any atom is 0.305 e. The van der Waals surface area contributed by atoms with E-state index in [1.54, 1.807) is 0 Å². The lowest BCUT2D eigenvalue weighted by atomic mass is 9.98. The zero-order valence-corrected chi connectivity index (χ0v) is 28.3. The summed E-state index contributed by atoms with van der Waals surface area (Å²) in [5.41, 5.74) is 13.0. The molecule has 3 aromatic rings. The summed E-state index contributed by atoms with van der Waals surface area (Å²) >= 11 is 13.1. The van der Waals surface area contributed by atoms with Crippen molar-refractivity contribution in [1.82, 2.24) is 19.9 Å². The normalized spacial score (nSPS) is 12.9. The molecule has 10 heteroatoms. The molecule has 5 heterocycles. The van der Waals surface area contributed by atoms with E-state index in [2.05, 4.69) is 23.1 Å². The second-order valence-electron chi connectivity index (χ2n) is 11.4. The summed E-state index contributed by atoms with van der Waals surface area (Å²) in [4.78, 5) is 41.5. The predicted octanol–water partition coefficient (Wildman–Crippen LogP) is 9.12. The quantitative estimate of drug-likeness (QED) is 0.234. The van der Waals surface area contributed by atoms with Gasteiger partial charge in [-0.3, -0.25) is 9.59 Å². The minimum absolute atomic E-state index is 0.192. The van der Waals surface area contributed by atoms with Gasteiger partial charge in [-0.2, -0.15) is 0 Å². The van der Waals surface area contributed by atoms with E-state index in [0.29, 0.717) is 40.0 Å². The molecule has 0 amide bonds. The first-order valence-corrected chi connectivity index (χ1v) is 15.6. The van der Waals surface area contributed by atoms with Gasteiger partial charge in [0.15, 0.2) is 0 Å². The Morgan fingerprint density at radius 2 is 1.04 bits per heavy atom. The molecule has 0 saturated carbocycles. The standard InChI is InChI=1S/C36H36Cl2N4O4/c1-17-23(9-11-33(43)45-7)29-16-30-24(10-12-34(44)46-8)18(2)26(40-30)14-31-36(22(6)38)20(4)28(42-31)15-32-35(21(5)37)19(3)27(41-32)13-25(17)39-29/h13-16,41-42H,5-6,9-12H2,1-4,7-8H3. The lowest BCUT2D eigenvalue weighted by Gasteiger charge is -2.06. The Morgan fingerprint density at radius 3 is 1.46 bits per heavy atom. The lowest BCUT2D eigenvalue weighted by molar-refractivity contribution is -0.141. The number of H-pyrrole nitrogens is 2. The van der Waals surface area contributed by atoms with Crippen LogP contribution in [0.1, 0.15) is 84.6 Å². The fourth-order valence-corrected chi connectivity index (χ4v) is 6.58. The Kier molecular flexibility index (Phi) is 9.42. The van der Waals surface area contributed by atoms with Gasteiger partial charge in [0.05, 0.1) is 37.0 Å². The highest BCUT2D eigenvalue weighted by Gasteiger charge is 2.23. The number of aryl methyl sites for hydroxylation is 2. The summed E-state index contributed by atoms with van der Waals surface area (Å²) in [7, 11) is 2.76. The number of carbonyl (C=O) groups is 2. The van der Waals surface area contributed by atoms with E-state index in [9.17, 15) is 9.59 Å². The number of hydrogen-bond donors (Lipinski definition) is 2. The highest BCUT2D eigenvalue weighted by atomic mass is 35.5. The third-order valence-corrected chi connectivity index (χ3v) is 9.07. The number of nitrogens with one attached hydrogen (secondary N) is 2. The Hall–Kier alpha value is -4.40. The molecular formula is C36H36Cl2N4O4. The van der Waals surface area contributed by atoms with E-state index < -0.39 is 0 Å². The summed E-state index contributed by atoms with van der Waals surface area (Å²) in [5.74, 6) is -0.620. The minimum Gasteiger partial charge on any atom is -0.469 e. The number of carbonyl (C=O) groups excluding carboxylic acids is 2. The second-order valence-corrected chi connectivity index (χ2v) is 12.3. The highest BCUT2D eigenvalue weighted by molar-refractivity contribution is 6.49. The van der Waals surface area contributed by atoms with E-state index in [-0.39, 0.29) is 24.8 Å². The fourth-order valence-electron chi connectivity index (χ4n) is 6.09. The van der Waals surface area contributed by atoms with Crippen LogP contribution in [-0.2, 0) is 19.1 Å². The van der Waals surface area contributed by atoms with E-state index in [1.807, 2.05) is 52.0 Å². The van der Waals surface area contributed by atoms with Crippen molar-refractivity contribution in [2.24, 2.45) is 0 Å². The van der Waals surface area contributed by atoms with Gasteiger partial charge >= 0.3 is 11.9 Å². The largest absolute Gasteiger partial charge is 0.469 e. The van der Waals surface area contributed by atoms with Crippen LogP contribution in [0, 0.1) is 13.8 Å². The van der Waals surface area contributed by atoms with Crippen molar-refractivity contribution in [2.75, 3.05) is 14.2 Å². The first-order valence-electron chi connectivity index (χ1n) is 14.8. The molecule has 0 aromatic carbocycles. The van der Waals surface area contributed by atoms with Gasteiger partial charge < -0.3 is 19.4 Å². The number of hydrogen-bond acceptors (Lipinski definition) is 6. The maximum absolute atomic E-state index is 12.2. The van der Waals surface area contributed by atoms with Crippen molar-refractivity contribution in [3.8, 4) is 0 Å². The van der Waals surface area contributed by atoms with Gasteiger partial charge in [0.25, 0.3) is 0 Å². The summed E-state index contributed by atoms with van der Waals surface area (Å²) in [5, 5.41) is 0.788. The first kappa shape index (κ1) is 33.0. The average molecular weight is 660 g/mol. The third-order valence-electron chi connectivity index (χ3n) is 8.69. The van der Waals surface area contributed by atoms with Crippen LogP contribution in [0.2, 0.25) is 0 Å². The molecule has 0 atom stereocenters. The first-order chi connectivity index (χ1) is 21.8. The molecule has 0 aliphatic carbocycles. The van der Waals surface area contributed by atoms with Gasteiger partial charge in [-0.1, -0.05) is 36.4 Å². The summed E-state index contributed by atoms with van der Waals surface area (Å²) in [6, 6.07) is 7.84. The van der Waals surface area contributed by atoms with Crippen molar-refractivity contribution in [3.05, 3.63) is 82.5 Å². The van der Waals surface area contributed by atoms with Crippen LogP contribution in [0.4, 0.5) is 0 Å². The van der Waals surface area contributed by atoms with E-state index in [4.69, 9.17) is 42.6 Å². The Labute approximate surface area is 277 Å². The summed E-state index contributed by atoms with van der Waals surface area (Å²) < 4.78 is 9.87. The monoisotopic (exact) mass is 658 g/mol. The van der Waals surface area contributed by atoms with Crippen LogP contribution in [0.15, 0.2) is 37.4 Å². The van der Waals surface area contributed by atoms with Crippen LogP contribution in [0.25, 0.3) is 54.4 Å². The number of allylic oxidation sites excluding steroid dienone is 4. The van der Waals surface area contributed by atoms with Crippen molar-refractivity contribution < 1.29 is 19.1 Å². The summed E-state index contributed by atoms with van der Waals surface area (Å²) in [6.45, 7) is 16.0.